The Bertz CT molecular complexity index is 372. The van der Waals surface area contributed by atoms with Crippen molar-refractivity contribution < 1.29 is 9.53 Å². The number of carbonyl (C=O) groups is 1. The van der Waals surface area contributed by atoms with Crippen LogP contribution in [-0.2, 0) is 16.1 Å². The molecule has 0 radical (unpaired) electrons. The van der Waals surface area contributed by atoms with Gasteiger partial charge in [-0.25, -0.2) is 0 Å². The average Bonchev–Trinajstić information content (AvgIpc) is 2.25. The van der Waals surface area contributed by atoms with Gasteiger partial charge in [-0.15, -0.1) is 0 Å². The predicted molar refractivity (Wildman–Crippen MR) is 69.5 cm³/mol. The third-order valence-corrected chi connectivity index (χ3v) is 3.60. The Hall–Kier alpha value is -1.31. The fourth-order valence-corrected chi connectivity index (χ4v) is 1.21. The molecule has 0 N–H and O–H groups in total. The number of carbonyl (C=O) groups excluding carboxylic acids is 1. The molecule has 17 heavy (non-hydrogen) atoms. The topological polar surface area (TPSA) is 26.3 Å². The van der Waals surface area contributed by atoms with Crippen molar-refractivity contribution in [2.24, 2.45) is 10.8 Å². The zero-order valence-corrected chi connectivity index (χ0v) is 11.4. The fraction of sp³-hybridized carbons (Fsp3) is 0.533. The van der Waals surface area contributed by atoms with Gasteiger partial charge < -0.3 is 4.74 Å². The molecule has 94 valence electrons. The first kappa shape index (κ1) is 13.8. The summed E-state index contributed by atoms with van der Waals surface area (Å²) >= 11 is 0. The molecule has 1 aromatic carbocycles. The van der Waals surface area contributed by atoms with Crippen LogP contribution in [-0.4, -0.2) is 5.97 Å². The van der Waals surface area contributed by atoms with Crippen LogP contribution in [0, 0.1) is 10.8 Å². The van der Waals surface area contributed by atoms with Crippen LogP contribution in [0.4, 0.5) is 0 Å². The van der Waals surface area contributed by atoms with E-state index >= 15 is 0 Å². The Kier molecular flexibility index (Phi) is 3.97. The van der Waals surface area contributed by atoms with E-state index in [9.17, 15) is 4.79 Å². The first-order chi connectivity index (χ1) is 7.75. The summed E-state index contributed by atoms with van der Waals surface area (Å²) in [5, 5.41) is 0. The summed E-state index contributed by atoms with van der Waals surface area (Å²) in [5.74, 6) is -0.145. The summed E-state index contributed by atoms with van der Waals surface area (Å²) in [4.78, 5) is 12.1. The van der Waals surface area contributed by atoms with E-state index in [1.54, 1.807) is 0 Å². The monoisotopic (exact) mass is 234 g/mol. The SMILES string of the molecule is CC(C)(C)C(C)(C)C(=O)OCc1ccccc1. The van der Waals surface area contributed by atoms with Gasteiger partial charge in [-0.05, 0) is 24.8 Å². The van der Waals surface area contributed by atoms with Gasteiger partial charge in [0.2, 0.25) is 0 Å². The van der Waals surface area contributed by atoms with Crippen molar-refractivity contribution in [1.82, 2.24) is 0 Å². The molecule has 0 atom stereocenters. The molecule has 0 saturated heterocycles. The number of rotatable bonds is 3. The molecular formula is C15H22O2. The van der Waals surface area contributed by atoms with Crippen LogP contribution < -0.4 is 0 Å². The van der Waals surface area contributed by atoms with E-state index in [1.807, 2.05) is 44.2 Å². The first-order valence-electron chi connectivity index (χ1n) is 5.96. The highest BCUT2D eigenvalue weighted by Gasteiger charge is 2.41. The molecular weight excluding hydrogens is 212 g/mol. The Morgan fingerprint density at radius 3 is 2.06 bits per heavy atom. The van der Waals surface area contributed by atoms with E-state index < -0.39 is 5.41 Å². The molecule has 0 aliphatic rings. The van der Waals surface area contributed by atoms with Gasteiger partial charge in [0.1, 0.15) is 6.61 Å². The van der Waals surface area contributed by atoms with Crippen LogP contribution in [0.3, 0.4) is 0 Å². The van der Waals surface area contributed by atoms with Crippen molar-refractivity contribution in [2.75, 3.05) is 0 Å². The van der Waals surface area contributed by atoms with E-state index in [-0.39, 0.29) is 11.4 Å². The van der Waals surface area contributed by atoms with Crippen molar-refractivity contribution in [3.63, 3.8) is 0 Å². The summed E-state index contributed by atoms with van der Waals surface area (Å²) < 4.78 is 5.38. The molecule has 0 aliphatic heterocycles. The van der Waals surface area contributed by atoms with Gasteiger partial charge >= 0.3 is 5.97 Å². The van der Waals surface area contributed by atoms with Crippen LogP contribution in [0.5, 0.6) is 0 Å². The van der Waals surface area contributed by atoms with Crippen molar-refractivity contribution in [3.8, 4) is 0 Å². The highest BCUT2D eigenvalue weighted by atomic mass is 16.5. The molecule has 0 aliphatic carbocycles. The van der Waals surface area contributed by atoms with E-state index in [2.05, 4.69) is 20.8 Å². The molecule has 0 bridgehead atoms. The van der Waals surface area contributed by atoms with E-state index in [1.165, 1.54) is 0 Å². The van der Waals surface area contributed by atoms with Crippen molar-refractivity contribution in [3.05, 3.63) is 35.9 Å². The van der Waals surface area contributed by atoms with Gasteiger partial charge in [0.15, 0.2) is 0 Å². The van der Waals surface area contributed by atoms with Crippen molar-refractivity contribution in [2.45, 2.75) is 41.2 Å². The van der Waals surface area contributed by atoms with Crippen molar-refractivity contribution >= 4 is 5.97 Å². The highest BCUT2D eigenvalue weighted by Crippen LogP contribution is 2.38. The zero-order chi connectivity index (χ0) is 13.1. The minimum absolute atomic E-state index is 0.110. The fourth-order valence-electron chi connectivity index (χ4n) is 1.21. The smallest absolute Gasteiger partial charge is 0.312 e. The third-order valence-electron chi connectivity index (χ3n) is 3.60. The second-order valence-electron chi connectivity index (χ2n) is 5.94. The average molecular weight is 234 g/mol. The van der Waals surface area contributed by atoms with E-state index in [4.69, 9.17) is 4.74 Å². The molecule has 2 heteroatoms. The molecule has 0 heterocycles. The maximum Gasteiger partial charge on any atom is 0.312 e. The minimum atomic E-state index is -0.484. The number of ether oxygens (including phenoxy) is 1. The van der Waals surface area contributed by atoms with Crippen molar-refractivity contribution in [1.29, 1.82) is 0 Å². The predicted octanol–water partition coefficient (Wildman–Crippen LogP) is 3.80. The van der Waals surface area contributed by atoms with E-state index in [0.717, 1.165) is 5.56 Å². The number of hydrogen-bond acceptors (Lipinski definition) is 2. The minimum Gasteiger partial charge on any atom is -0.460 e. The summed E-state index contributed by atoms with van der Waals surface area (Å²) in [5.41, 5.74) is 0.424. The number of esters is 1. The molecule has 0 saturated carbocycles. The van der Waals surface area contributed by atoms with Gasteiger partial charge in [-0.3, -0.25) is 4.79 Å². The maximum absolute atomic E-state index is 12.1. The second kappa shape index (κ2) is 4.91. The lowest BCUT2D eigenvalue weighted by molar-refractivity contribution is -0.161. The molecule has 1 rings (SSSR count). The molecule has 0 unspecified atom stereocenters. The Morgan fingerprint density at radius 2 is 1.59 bits per heavy atom. The van der Waals surface area contributed by atoms with Crippen LogP contribution in [0.15, 0.2) is 30.3 Å². The van der Waals surface area contributed by atoms with Gasteiger partial charge in [-0.1, -0.05) is 51.1 Å². The number of hydrogen-bond donors (Lipinski definition) is 0. The lowest BCUT2D eigenvalue weighted by atomic mass is 9.69. The van der Waals surface area contributed by atoms with Crippen LogP contribution in [0.25, 0.3) is 0 Å². The van der Waals surface area contributed by atoms with Gasteiger partial charge in [0, 0.05) is 0 Å². The lowest BCUT2D eigenvalue weighted by Gasteiger charge is -2.36. The molecule has 0 aromatic heterocycles. The Labute approximate surface area is 104 Å². The molecule has 0 fully saturated rings. The summed E-state index contributed by atoms with van der Waals surface area (Å²) in [6, 6.07) is 9.75. The largest absolute Gasteiger partial charge is 0.460 e. The van der Waals surface area contributed by atoms with Gasteiger partial charge in [-0.2, -0.15) is 0 Å². The van der Waals surface area contributed by atoms with Crippen LogP contribution >= 0.6 is 0 Å². The lowest BCUT2D eigenvalue weighted by Crippen LogP contribution is -2.38. The normalized spacial score (nSPS) is 12.3. The molecule has 2 nitrogen and oxygen atoms in total. The summed E-state index contributed by atoms with van der Waals surface area (Å²) in [6.45, 7) is 10.4. The molecule has 0 spiro atoms. The maximum atomic E-state index is 12.1. The molecule has 0 amide bonds. The van der Waals surface area contributed by atoms with Crippen LogP contribution in [0.2, 0.25) is 0 Å². The summed E-state index contributed by atoms with van der Waals surface area (Å²) in [7, 11) is 0. The van der Waals surface area contributed by atoms with Gasteiger partial charge in [0.25, 0.3) is 0 Å². The van der Waals surface area contributed by atoms with Crippen LogP contribution in [0.1, 0.15) is 40.2 Å². The Morgan fingerprint density at radius 1 is 1.06 bits per heavy atom. The summed E-state index contributed by atoms with van der Waals surface area (Å²) in [6.07, 6.45) is 0. The standard InChI is InChI=1S/C15H22O2/c1-14(2,3)15(4,5)13(16)17-11-12-9-7-6-8-10-12/h6-10H,11H2,1-5H3. The first-order valence-corrected chi connectivity index (χ1v) is 5.96. The van der Waals surface area contributed by atoms with Gasteiger partial charge in [0.05, 0.1) is 5.41 Å². The number of benzene rings is 1. The third kappa shape index (κ3) is 3.32. The molecule has 1 aromatic rings. The highest BCUT2D eigenvalue weighted by molar-refractivity contribution is 5.76. The quantitative estimate of drug-likeness (QED) is 0.743. The zero-order valence-electron chi connectivity index (χ0n) is 11.4. The van der Waals surface area contributed by atoms with E-state index in [0.29, 0.717) is 6.61 Å². The second-order valence-corrected chi connectivity index (χ2v) is 5.94. The Balaban J connectivity index is 2.62.